The Morgan fingerprint density at radius 2 is 2.16 bits per heavy atom. The lowest BCUT2D eigenvalue weighted by Crippen LogP contribution is -2.49. The highest BCUT2D eigenvalue weighted by Crippen LogP contribution is 2.33. The third kappa shape index (κ3) is 2.14. The second-order valence-electron chi connectivity index (χ2n) is 6.02. The molecule has 0 aliphatic heterocycles. The van der Waals surface area contributed by atoms with E-state index in [-0.39, 0.29) is 11.4 Å². The number of benzene rings is 1. The normalized spacial score (nSPS) is 17.9. The summed E-state index contributed by atoms with van der Waals surface area (Å²) in [6, 6.07) is 5.11. The van der Waals surface area contributed by atoms with Crippen LogP contribution in [0.5, 0.6) is 0 Å². The van der Waals surface area contributed by atoms with E-state index in [0.29, 0.717) is 6.04 Å². The summed E-state index contributed by atoms with van der Waals surface area (Å²) in [5.41, 5.74) is 7.95. The molecular formula is C15H20FN3. The highest BCUT2D eigenvalue weighted by Gasteiger charge is 2.34. The van der Waals surface area contributed by atoms with E-state index in [1.807, 2.05) is 6.07 Å². The molecular weight excluding hydrogens is 241 g/mol. The lowest BCUT2D eigenvalue weighted by atomic mass is 9.75. The first-order valence-electron chi connectivity index (χ1n) is 6.94. The fourth-order valence-electron chi connectivity index (χ4n) is 2.95. The van der Waals surface area contributed by atoms with Crippen molar-refractivity contribution in [3.63, 3.8) is 0 Å². The van der Waals surface area contributed by atoms with Crippen molar-refractivity contribution in [1.82, 2.24) is 9.55 Å². The van der Waals surface area contributed by atoms with Gasteiger partial charge in [0.25, 0.3) is 0 Å². The lowest BCUT2D eigenvalue weighted by Gasteiger charge is -2.38. The van der Waals surface area contributed by atoms with Gasteiger partial charge in [-0.1, -0.05) is 0 Å². The number of hydrogen-bond acceptors (Lipinski definition) is 2. The van der Waals surface area contributed by atoms with E-state index >= 15 is 0 Å². The van der Waals surface area contributed by atoms with Gasteiger partial charge in [-0.2, -0.15) is 0 Å². The van der Waals surface area contributed by atoms with Crippen molar-refractivity contribution in [3.05, 3.63) is 29.8 Å². The maximum Gasteiger partial charge on any atom is 0.125 e. The molecule has 1 heterocycles. The van der Waals surface area contributed by atoms with Crippen LogP contribution < -0.4 is 5.73 Å². The number of rotatable bonds is 3. The van der Waals surface area contributed by atoms with E-state index in [4.69, 9.17) is 5.73 Å². The van der Waals surface area contributed by atoms with Crippen molar-refractivity contribution < 1.29 is 4.39 Å². The zero-order valence-corrected chi connectivity index (χ0v) is 11.5. The van der Waals surface area contributed by atoms with Crippen LogP contribution in [0.25, 0.3) is 11.0 Å². The predicted octanol–water partition coefficient (Wildman–Crippen LogP) is 3.18. The van der Waals surface area contributed by atoms with Crippen LogP contribution in [0.1, 0.15) is 45.0 Å². The molecule has 4 heteroatoms. The summed E-state index contributed by atoms with van der Waals surface area (Å²) in [5.74, 6) is 0.747. The minimum atomic E-state index is -0.237. The van der Waals surface area contributed by atoms with E-state index in [0.717, 1.165) is 36.1 Å². The second-order valence-corrected chi connectivity index (χ2v) is 6.02. The molecule has 0 bridgehead atoms. The number of halogens is 1. The molecule has 0 atom stereocenters. The Hall–Kier alpha value is -1.42. The zero-order valence-electron chi connectivity index (χ0n) is 11.5. The molecule has 0 spiro atoms. The first-order valence-corrected chi connectivity index (χ1v) is 6.94. The highest BCUT2D eigenvalue weighted by molar-refractivity contribution is 5.76. The average molecular weight is 261 g/mol. The molecule has 1 aliphatic rings. The van der Waals surface area contributed by atoms with Gasteiger partial charge in [-0.15, -0.1) is 0 Å². The van der Waals surface area contributed by atoms with Crippen LogP contribution in [0.4, 0.5) is 4.39 Å². The molecule has 1 aromatic heterocycles. The summed E-state index contributed by atoms with van der Waals surface area (Å²) in [4.78, 5) is 4.60. The smallest absolute Gasteiger partial charge is 0.125 e. The van der Waals surface area contributed by atoms with Gasteiger partial charge in [-0.3, -0.25) is 0 Å². The van der Waals surface area contributed by atoms with Crippen LogP contribution in [-0.4, -0.2) is 15.1 Å². The molecule has 1 saturated carbocycles. The Balaban J connectivity index is 2.09. The zero-order chi connectivity index (χ0) is 13.6. The van der Waals surface area contributed by atoms with Gasteiger partial charge >= 0.3 is 0 Å². The Morgan fingerprint density at radius 1 is 1.42 bits per heavy atom. The fourth-order valence-corrected chi connectivity index (χ4v) is 2.95. The molecule has 1 aromatic carbocycles. The molecule has 102 valence electrons. The van der Waals surface area contributed by atoms with Crippen LogP contribution in [0.2, 0.25) is 0 Å². The van der Waals surface area contributed by atoms with Crippen LogP contribution in [-0.2, 0) is 6.42 Å². The van der Waals surface area contributed by atoms with Gasteiger partial charge in [-0.05, 0) is 45.2 Å². The molecule has 0 amide bonds. The Morgan fingerprint density at radius 3 is 2.74 bits per heavy atom. The largest absolute Gasteiger partial charge is 0.325 e. The van der Waals surface area contributed by atoms with Crippen molar-refractivity contribution >= 4 is 11.0 Å². The van der Waals surface area contributed by atoms with Gasteiger partial charge < -0.3 is 10.3 Å². The van der Waals surface area contributed by atoms with E-state index in [2.05, 4.69) is 23.4 Å². The third-order valence-corrected chi connectivity index (χ3v) is 4.10. The van der Waals surface area contributed by atoms with Crippen LogP contribution in [0.3, 0.4) is 0 Å². The number of fused-ring (bicyclic) bond motifs is 1. The minimum absolute atomic E-state index is 0.105. The molecule has 1 fully saturated rings. The summed E-state index contributed by atoms with van der Waals surface area (Å²) in [6.07, 6.45) is 4.10. The molecule has 19 heavy (non-hydrogen) atoms. The minimum Gasteiger partial charge on any atom is -0.325 e. The number of imidazole rings is 1. The lowest BCUT2D eigenvalue weighted by molar-refractivity contribution is 0.240. The SMILES string of the molecule is CC(C)n1c(CC2(N)CCC2)nc2cc(F)ccc21. The molecule has 0 radical (unpaired) electrons. The van der Waals surface area contributed by atoms with Crippen molar-refractivity contribution in [2.24, 2.45) is 5.73 Å². The Bertz CT molecular complexity index is 611. The first-order chi connectivity index (χ1) is 8.98. The van der Waals surface area contributed by atoms with E-state index in [1.165, 1.54) is 18.6 Å². The standard InChI is InChI=1S/C15H20FN3/c1-10(2)19-13-5-4-11(16)8-12(13)18-14(19)9-15(17)6-3-7-15/h4-5,8,10H,3,6-7,9,17H2,1-2H3. The van der Waals surface area contributed by atoms with Gasteiger partial charge in [0, 0.05) is 24.1 Å². The van der Waals surface area contributed by atoms with Crippen molar-refractivity contribution in [2.75, 3.05) is 0 Å². The second kappa shape index (κ2) is 4.30. The molecule has 2 N–H and O–H groups in total. The van der Waals surface area contributed by atoms with Crippen LogP contribution in [0.15, 0.2) is 18.2 Å². The molecule has 2 aromatic rings. The van der Waals surface area contributed by atoms with Gasteiger partial charge in [0.1, 0.15) is 11.6 Å². The maximum absolute atomic E-state index is 13.3. The van der Waals surface area contributed by atoms with Crippen molar-refractivity contribution in [1.29, 1.82) is 0 Å². The van der Waals surface area contributed by atoms with E-state index in [1.54, 1.807) is 0 Å². The first kappa shape index (κ1) is 12.6. The van der Waals surface area contributed by atoms with Gasteiger partial charge in [-0.25, -0.2) is 9.37 Å². The molecule has 3 rings (SSSR count). The number of nitrogens with two attached hydrogens (primary N) is 1. The topological polar surface area (TPSA) is 43.8 Å². The molecule has 0 unspecified atom stereocenters. The quantitative estimate of drug-likeness (QED) is 0.922. The molecule has 0 saturated heterocycles. The summed E-state index contributed by atoms with van der Waals surface area (Å²) in [7, 11) is 0. The summed E-state index contributed by atoms with van der Waals surface area (Å²) in [5, 5.41) is 0. The van der Waals surface area contributed by atoms with E-state index in [9.17, 15) is 4.39 Å². The third-order valence-electron chi connectivity index (χ3n) is 4.10. The summed E-state index contributed by atoms with van der Waals surface area (Å²) >= 11 is 0. The predicted molar refractivity (Wildman–Crippen MR) is 74.5 cm³/mol. The summed E-state index contributed by atoms with van der Waals surface area (Å²) in [6.45, 7) is 4.25. The monoisotopic (exact) mass is 261 g/mol. The number of aromatic nitrogens is 2. The number of nitrogens with zero attached hydrogens (tertiary/aromatic N) is 2. The van der Waals surface area contributed by atoms with Crippen LogP contribution >= 0.6 is 0 Å². The molecule has 3 nitrogen and oxygen atoms in total. The Kier molecular flexibility index (Phi) is 2.86. The molecule has 1 aliphatic carbocycles. The van der Waals surface area contributed by atoms with Crippen molar-refractivity contribution in [3.8, 4) is 0 Å². The average Bonchev–Trinajstić information content (AvgIpc) is 2.63. The van der Waals surface area contributed by atoms with Crippen LogP contribution in [0, 0.1) is 5.82 Å². The Labute approximate surface area is 112 Å². The van der Waals surface area contributed by atoms with Gasteiger partial charge in [0.2, 0.25) is 0 Å². The fraction of sp³-hybridized carbons (Fsp3) is 0.533. The van der Waals surface area contributed by atoms with Gasteiger partial charge in [0.05, 0.1) is 11.0 Å². The van der Waals surface area contributed by atoms with Gasteiger partial charge in [0.15, 0.2) is 0 Å². The number of hydrogen-bond donors (Lipinski definition) is 1. The van der Waals surface area contributed by atoms with Crippen molar-refractivity contribution in [2.45, 2.75) is 51.1 Å². The summed E-state index contributed by atoms with van der Waals surface area (Å²) < 4.78 is 15.5. The maximum atomic E-state index is 13.3. The van der Waals surface area contributed by atoms with E-state index < -0.39 is 0 Å². The highest BCUT2D eigenvalue weighted by atomic mass is 19.1.